The predicted molar refractivity (Wildman–Crippen MR) is 85.4 cm³/mol. The van der Waals surface area contributed by atoms with Crippen molar-refractivity contribution in [2.24, 2.45) is 11.7 Å². The van der Waals surface area contributed by atoms with E-state index in [0.29, 0.717) is 0 Å². The van der Waals surface area contributed by atoms with E-state index in [0.717, 1.165) is 24.8 Å². The Morgan fingerprint density at radius 3 is 2.76 bits per heavy atom. The van der Waals surface area contributed by atoms with Gasteiger partial charge in [-0.2, -0.15) is 0 Å². The molecule has 21 heavy (non-hydrogen) atoms. The molecule has 0 aromatic heterocycles. The molecule has 2 aliphatic rings. The summed E-state index contributed by atoms with van der Waals surface area (Å²) in [5.74, 6) is 1.64. The number of nitrogens with two attached hydrogens (primary N) is 1. The number of nitrogens with zero attached hydrogens (tertiary/aromatic N) is 2. The van der Waals surface area contributed by atoms with Crippen molar-refractivity contribution in [3.8, 4) is 5.75 Å². The molecule has 0 amide bonds. The van der Waals surface area contributed by atoms with Gasteiger partial charge in [0.1, 0.15) is 5.75 Å². The molecule has 4 heteroatoms. The highest BCUT2D eigenvalue weighted by atomic mass is 16.5. The highest BCUT2D eigenvalue weighted by molar-refractivity contribution is 5.27. The van der Waals surface area contributed by atoms with E-state index >= 15 is 0 Å². The summed E-state index contributed by atoms with van der Waals surface area (Å²) in [7, 11) is 3.95. The van der Waals surface area contributed by atoms with Gasteiger partial charge >= 0.3 is 0 Å². The van der Waals surface area contributed by atoms with Crippen LogP contribution in [0, 0.1) is 5.92 Å². The molecule has 4 nitrogen and oxygen atoms in total. The minimum atomic E-state index is 0.174. The summed E-state index contributed by atoms with van der Waals surface area (Å²) in [4.78, 5) is 5.09. The first kappa shape index (κ1) is 14.8. The second kappa shape index (κ2) is 5.95. The summed E-state index contributed by atoms with van der Waals surface area (Å²) in [5.41, 5.74) is 7.74. The van der Waals surface area contributed by atoms with E-state index in [-0.39, 0.29) is 5.54 Å². The average Bonchev–Trinajstić information content (AvgIpc) is 2.92. The summed E-state index contributed by atoms with van der Waals surface area (Å²) in [5, 5.41) is 0. The minimum absolute atomic E-state index is 0.174. The zero-order chi connectivity index (χ0) is 14.9. The van der Waals surface area contributed by atoms with E-state index < -0.39 is 0 Å². The number of hydrogen-bond donors (Lipinski definition) is 1. The highest BCUT2D eigenvalue weighted by Crippen LogP contribution is 2.39. The Hall–Kier alpha value is -1.10. The van der Waals surface area contributed by atoms with Gasteiger partial charge in [-0.05, 0) is 56.6 Å². The topological polar surface area (TPSA) is 41.7 Å². The van der Waals surface area contributed by atoms with Crippen LogP contribution in [-0.4, -0.2) is 55.7 Å². The molecule has 0 aliphatic carbocycles. The van der Waals surface area contributed by atoms with Gasteiger partial charge in [-0.25, -0.2) is 0 Å². The lowest BCUT2D eigenvalue weighted by atomic mass is 9.77. The summed E-state index contributed by atoms with van der Waals surface area (Å²) >= 11 is 0. The van der Waals surface area contributed by atoms with Crippen LogP contribution in [0.25, 0.3) is 0 Å². The maximum atomic E-state index is 6.24. The number of likely N-dealkylation sites (N-methyl/N-ethyl adjacent to an activating group) is 1. The molecule has 0 saturated carbocycles. The lowest BCUT2D eigenvalue weighted by molar-refractivity contribution is 0.0212. The molecule has 3 atom stereocenters. The maximum absolute atomic E-state index is 6.24. The Balaban J connectivity index is 1.74. The predicted octanol–water partition coefficient (Wildman–Crippen LogP) is 1.55. The van der Waals surface area contributed by atoms with Crippen LogP contribution in [-0.2, 0) is 6.54 Å². The normalized spacial score (nSPS) is 31.6. The first-order chi connectivity index (χ1) is 10.2. The van der Waals surface area contributed by atoms with Crippen LogP contribution in [0.3, 0.4) is 0 Å². The number of rotatable bonds is 5. The van der Waals surface area contributed by atoms with Crippen molar-refractivity contribution in [1.82, 2.24) is 9.80 Å². The lowest BCUT2D eigenvalue weighted by Gasteiger charge is -2.48. The van der Waals surface area contributed by atoms with Crippen LogP contribution in [0.15, 0.2) is 24.3 Å². The van der Waals surface area contributed by atoms with Crippen molar-refractivity contribution in [2.75, 3.05) is 40.3 Å². The summed E-state index contributed by atoms with van der Waals surface area (Å²) < 4.78 is 5.23. The first-order valence-electron chi connectivity index (χ1n) is 7.94. The van der Waals surface area contributed by atoms with Crippen molar-refractivity contribution in [2.45, 2.75) is 24.9 Å². The quantitative estimate of drug-likeness (QED) is 0.893. The third kappa shape index (κ3) is 2.68. The zero-order valence-corrected chi connectivity index (χ0v) is 13.2. The molecule has 2 heterocycles. The fourth-order valence-corrected chi connectivity index (χ4v) is 4.12. The van der Waals surface area contributed by atoms with E-state index in [4.69, 9.17) is 10.5 Å². The van der Waals surface area contributed by atoms with Crippen molar-refractivity contribution >= 4 is 0 Å². The van der Waals surface area contributed by atoms with Crippen LogP contribution in [0.1, 0.15) is 18.4 Å². The van der Waals surface area contributed by atoms with Gasteiger partial charge < -0.3 is 15.4 Å². The van der Waals surface area contributed by atoms with Crippen LogP contribution in [0.2, 0.25) is 0 Å². The average molecular weight is 289 g/mol. The van der Waals surface area contributed by atoms with Gasteiger partial charge in [0.2, 0.25) is 0 Å². The van der Waals surface area contributed by atoms with Crippen molar-refractivity contribution in [1.29, 1.82) is 0 Å². The number of methoxy groups -OCH3 is 1. The van der Waals surface area contributed by atoms with Crippen LogP contribution in [0.5, 0.6) is 5.75 Å². The van der Waals surface area contributed by atoms with Gasteiger partial charge in [0.05, 0.1) is 7.11 Å². The number of benzene rings is 1. The molecule has 1 aromatic rings. The van der Waals surface area contributed by atoms with Gasteiger partial charge in [0, 0.05) is 25.2 Å². The molecule has 2 bridgehead atoms. The lowest BCUT2D eigenvalue weighted by Crippen LogP contribution is -2.60. The third-order valence-corrected chi connectivity index (χ3v) is 5.59. The van der Waals surface area contributed by atoms with Crippen molar-refractivity contribution in [3.05, 3.63) is 29.8 Å². The number of fused-ring (bicyclic) bond motifs is 2. The number of piperidine rings is 1. The second-order valence-electron chi connectivity index (χ2n) is 6.55. The standard InChI is InChI=1S/C17H27N3O/c1-19(11-14-3-5-16(21-2)6-4-14)17(13-18)8-10-20-9-7-15(17)12-20/h3-6,15H,7-13,18H2,1-2H3. The van der Waals surface area contributed by atoms with Gasteiger partial charge in [0.25, 0.3) is 0 Å². The fourth-order valence-electron chi connectivity index (χ4n) is 4.12. The molecule has 2 fully saturated rings. The third-order valence-electron chi connectivity index (χ3n) is 5.59. The van der Waals surface area contributed by atoms with Crippen molar-refractivity contribution < 1.29 is 4.74 Å². The molecule has 2 N–H and O–H groups in total. The monoisotopic (exact) mass is 289 g/mol. The molecule has 116 valence electrons. The van der Waals surface area contributed by atoms with E-state index in [1.165, 1.54) is 38.0 Å². The van der Waals surface area contributed by atoms with E-state index in [2.05, 4.69) is 29.0 Å². The van der Waals surface area contributed by atoms with Gasteiger partial charge in [0.15, 0.2) is 0 Å². The minimum Gasteiger partial charge on any atom is -0.497 e. The van der Waals surface area contributed by atoms with E-state index in [1.54, 1.807) is 7.11 Å². The Morgan fingerprint density at radius 2 is 2.10 bits per heavy atom. The van der Waals surface area contributed by atoms with E-state index in [9.17, 15) is 0 Å². The van der Waals surface area contributed by atoms with Gasteiger partial charge in [-0.1, -0.05) is 12.1 Å². The summed E-state index contributed by atoms with van der Waals surface area (Å²) in [6, 6.07) is 8.39. The number of hydrogen-bond acceptors (Lipinski definition) is 4. The highest BCUT2D eigenvalue weighted by Gasteiger charge is 2.47. The summed E-state index contributed by atoms with van der Waals surface area (Å²) in [6.45, 7) is 5.39. The largest absolute Gasteiger partial charge is 0.497 e. The van der Waals surface area contributed by atoms with Crippen LogP contribution >= 0.6 is 0 Å². The first-order valence-corrected chi connectivity index (χ1v) is 7.94. The second-order valence-corrected chi connectivity index (χ2v) is 6.55. The molecule has 0 radical (unpaired) electrons. The Labute approximate surface area is 127 Å². The zero-order valence-electron chi connectivity index (χ0n) is 13.2. The Kier molecular flexibility index (Phi) is 4.20. The van der Waals surface area contributed by atoms with Crippen LogP contribution in [0.4, 0.5) is 0 Å². The van der Waals surface area contributed by atoms with E-state index in [1.807, 2.05) is 12.1 Å². The molecule has 3 unspecified atom stereocenters. The molecule has 2 aliphatic heterocycles. The smallest absolute Gasteiger partial charge is 0.118 e. The van der Waals surface area contributed by atoms with Crippen molar-refractivity contribution in [3.63, 3.8) is 0 Å². The fraction of sp³-hybridized carbons (Fsp3) is 0.647. The SMILES string of the molecule is COc1ccc(CN(C)C2(CN)CCN3CCC2C3)cc1. The Bertz CT molecular complexity index is 475. The molecule has 1 aromatic carbocycles. The molecule has 2 saturated heterocycles. The maximum Gasteiger partial charge on any atom is 0.118 e. The number of ether oxygens (including phenoxy) is 1. The Morgan fingerprint density at radius 1 is 1.33 bits per heavy atom. The molecule has 0 spiro atoms. The molecular formula is C17H27N3O. The van der Waals surface area contributed by atoms with Crippen LogP contribution < -0.4 is 10.5 Å². The van der Waals surface area contributed by atoms with Gasteiger partial charge in [-0.15, -0.1) is 0 Å². The molecule has 3 rings (SSSR count). The molecular weight excluding hydrogens is 262 g/mol. The summed E-state index contributed by atoms with van der Waals surface area (Å²) in [6.07, 6.45) is 2.49. The van der Waals surface area contributed by atoms with Gasteiger partial charge in [-0.3, -0.25) is 4.90 Å².